The number of anilines is 1. The summed E-state index contributed by atoms with van der Waals surface area (Å²) in [6, 6.07) is 8.42. The van der Waals surface area contributed by atoms with E-state index in [1.165, 1.54) is 0 Å². The molecule has 0 aliphatic rings. The van der Waals surface area contributed by atoms with E-state index in [1.807, 2.05) is 24.5 Å². The van der Waals surface area contributed by atoms with Gasteiger partial charge in [-0.15, -0.1) is 11.8 Å². The maximum absolute atomic E-state index is 9.26. The summed E-state index contributed by atoms with van der Waals surface area (Å²) in [5.74, 6) is 0. The van der Waals surface area contributed by atoms with Crippen molar-refractivity contribution >= 4 is 17.4 Å². The highest BCUT2D eigenvalue weighted by Gasteiger charge is 2.11. The Kier molecular flexibility index (Phi) is 6.63. The Bertz CT molecular complexity index is 412. The number of benzene rings is 1. The Morgan fingerprint density at radius 2 is 2.28 bits per heavy atom. The molecule has 0 spiro atoms. The molecule has 0 aromatic heterocycles. The van der Waals surface area contributed by atoms with Crippen molar-refractivity contribution in [2.24, 2.45) is 5.73 Å². The molecular formula is C14H21N3S. The highest BCUT2D eigenvalue weighted by Crippen LogP contribution is 2.27. The fraction of sp³-hybridized carbons (Fsp3) is 0.500. The first kappa shape index (κ1) is 14.9. The van der Waals surface area contributed by atoms with E-state index in [0.29, 0.717) is 6.54 Å². The number of nitrogens with zero attached hydrogens (tertiary/aromatic N) is 1. The lowest BCUT2D eigenvalue weighted by Crippen LogP contribution is -2.29. The fourth-order valence-corrected chi connectivity index (χ4v) is 2.43. The molecule has 0 saturated heterocycles. The predicted molar refractivity (Wildman–Crippen MR) is 78.9 cm³/mol. The topological polar surface area (TPSA) is 61.8 Å². The van der Waals surface area contributed by atoms with Gasteiger partial charge in [-0.25, -0.2) is 0 Å². The van der Waals surface area contributed by atoms with Crippen molar-refractivity contribution in [3.63, 3.8) is 0 Å². The minimum absolute atomic E-state index is 0.245. The van der Waals surface area contributed by atoms with Crippen molar-refractivity contribution in [1.82, 2.24) is 0 Å². The highest BCUT2D eigenvalue weighted by molar-refractivity contribution is 7.98. The second kappa shape index (κ2) is 8.02. The molecule has 4 heteroatoms. The van der Waals surface area contributed by atoms with Crippen LogP contribution in [0.5, 0.6) is 0 Å². The van der Waals surface area contributed by atoms with Crippen LogP contribution in [0.3, 0.4) is 0 Å². The summed E-state index contributed by atoms with van der Waals surface area (Å²) in [5, 5.41) is 12.7. The number of unbranched alkanes of at least 4 members (excludes halogenated alkanes) is 1. The minimum atomic E-state index is 0.245. The quantitative estimate of drug-likeness (QED) is 0.742. The van der Waals surface area contributed by atoms with E-state index in [9.17, 15) is 5.26 Å². The van der Waals surface area contributed by atoms with Crippen LogP contribution in [0.25, 0.3) is 0 Å². The normalized spacial score (nSPS) is 11.9. The van der Waals surface area contributed by atoms with Crippen molar-refractivity contribution in [3.8, 4) is 6.07 Å². The van der Waals surface area contributed by atoms with Crippen molar-refractivity contribution in [2.45, 2.75) is 37.1 Å². The van der Waals surface area contributed by atoms with Crippen molar-refractivity contribution < 1.29 is 0 Å². The van der Waals surface area contributed by atoms with Gasteiger partial charge in [-0.3, -0.25) is 0 Å². The fourth-order valence-electron chi connectivity index (χ4n) is 1.86. The van der Waals surface area contributed by atoms with Crippen LogP contribution in [0.1, 0.15) is 31.7 Å². The highest BCUT2D eigenvalue weighted by atomic mass is 32.2. The van der Waals surface area contributed by atoms with Crippen LogP contribution in [0, 0.1) is 11.3 Å². The zero-order valence-corrected chi connectivity index (χ0v) is 11.9. The summed E-state index contributed by atoms with van der Waals surface area (Å²) in [4.78, 5) is 1.01. The van der Waals surface area contributed by atoms with Gasteiger partial charge >= 0.3 is 0 Å². The lowest BCUT2D eigenvalue weighted by Gasteiger charge is -2.19. The first-order chi connectivity index (χ1) is 8.76. The summed E-state index contributed by atoms with van der Waals surface area (Å²) in [7, 11) is 0. The number of nitrogens with two attached hydrogens (primary N) is 1. The average Bonchev–Trinajstić information content (AvgIpc) is 2.42. The van der Waals surface area contributed by atoms with Crippen LogP contribution in [0.15, 0.2) is 23.1 Å². The second-order valence-corrected chi connectivity index (χ2v) is 5.06. The number of nitrogens with one attached hydrogen (secondary N) is 1. The molecule has 1 aromatic carbocycles. The van der Waals surface area contributed by atoms with Gasteiger partial charge in [0.2, 0.25) is 0 Å². The van der Waals surface area contributed by atoms with E-state index < -0.39 is 0 Å². The third-order valence-corrected chi connectivity index (χ3v) is 3.69. The van der Waals surface area contributed by atoms with Crippen LogP contribution in [0.4, 0.5) is 5.69 Å². The summed E-state index contributed by atoms with van der Waals surface area (Å²) < 4.78 is 0. The molecule has 1 atom stereocenters. The van der Waals surface area contributed by atoms with Crippen LogP contribution >= 0.6 is 11.8 Å². The molecule has 0 fully saturated rings. The van der Waals surface area contributed by atoms with Gasteiger partial charge < -0.3 is 11.1 Å². The maximum Gasteiger partial charge on any atom is 0.102 e. The maximum atomic E-state index is 9.26. The molecule has 0 aliphatic heterocycles. The molecule has 1 aromatic rings. The Morgan fingerprint density at radius 3 is 2.83 bits per heavy atom. The Hall–Kier alpha value is -1.18. The molecule has 3 N–H and O–H groups in total. The minimum Gasteiger partial charge on any atom is -0.380 e. The lowest BCUT2D eigenvalue weighted by atomic mass is 10.1. The molecule has 0 aliphatic carbocycles. The molecule has 18 heavy (non-hydrogen) atoms. The van der Waals surface area contributed by atoms with E-state index in [2.05, 4.69) is 18.3 Å². The van der Waals surface area contributed by atoms with Gasteiger partial charge in [-0.05, 0) is 24.8 Å². The third kappa shape index (κ3) is 3.94. The van der Waals surface area contributed by atoms with Crippen LogP contribution in [-0.4, -0.2) is 18.8 Å². The zero-order chi connectivity index (χ0) is 13.4. The SMILES string of the molecule is CCCCC(CN)Nc1cccc(SC)c1C#N. The Balaban J connectivity index is 2.85. The molecule has 3 nitrogen and oxygen atoms in total. The van der Waals surface area contributed by atoms with Crippen LogP contribution in [0.2, 0.25) is 0 Å². The van der Waals surface area contributed by atoms with E-state index in [4.69, 9.17) is 5.73 Å². The number of nitriles is 1. The van der Waals surface area contributed by atoms with Crippen LogP contribution < -0.4 is 11.1 Å². The molecule has 0 radical (unpaired) electrons. The smallest absolute Gasteiger partial charge is 0.102 e. The van der Waals surface area contributed by atoms with Crippen LogP contribution in [-0.2, 0) is 0 Å². The third-order valence-electron chi connectivity index (χ3n) is 2.91. The molecule has 0 amide bonds. The number of rotatable bonds is 7. The molecule has 0 saturated carbocycles. The Labute approximate surface area is 114 Å². The van der Waals surface area contributed by atoms with Gasteiger partial charge in [-0.1, -0.05) is 25.8 Å². The van der Waals surface area contributed by atoms with E-state index in [-0.39, 0.29) is 6.04 Å². The van der Waals surface area contributed by atoms with E-state index >= 15 is 0 Å². The summed E-state index contributed by atoms with van der Waals surface area (Å²) in [5.41, 5.74) is 7.39. The van der Waals surface area contributed by atoms with Gasteiger partial charge in [0.05, 0.1) is 11.3 Å². The lowest BCUT2D eigenvalue weighted by molar-refractivity contribution is 0.614. The molecule has 1 rings (SSSR count). The van der Waals surface area contributed by atoms with Gasteiger partial charge in [0.1, 0.15) is 6.07 Å². The Morgan fingerprint density at radius 1 is 1.50 bits per heavy atom. The molecule has 1 unspecified atom stereocenters. The van der Waals surface area contributed by atoms with E-state index in [1.54, 1.807) is 11.8 Å². The number of hydrogen-bond acceptors (Lipinski definition) is 4. The standard InChI is InChI=1S/C14H21N3S/c1-3-4-6-11(9-15)17-13-7-5-8-14(18-2)12(13)10-16/h5,7-8,11,17H,3-4,6,9,15H2,1-2H3. The number of hydrogen-bond donors (Lipinski definition) is 2. The zero-order valence-electron chi connectivity index (χ0n) is 11.1. The summed E-state index contributed by atoms with van der Waals surface area (Å²) in [6.45, 7) is 2.76. The largest absolute Gasteiger partial charge is 0.380 e. The second-order valence-electron chi connectivity index (χ2n) is 4.21. The predicted octanol–water partition coefficient (Wildman–Crippen LogP) is 3.21. The summed E-state index contributed by atoms with van der Waals surface area (Å²) in [6.07, 6.45) is 5.34. The first-order valence-electron chi connectivity index (χ1n) is 6.30. The van der Waals surface area contributed by atoms with E-state index in [0.717, 1.165) is 35.4 Å². The molecule has 0 heterocycles. The van der Waals surface area contributed by atoms with Crippen molar-refractivity contribution in [1.29, 1.82) is 5.26 Å². The summed E-state index contributed by atoms with van der Waals surface area (Å²) >= 11 is 1.59. The van der Waals surface area contributed by atoms with Gasteiger partial charge in [0, 0.05) is 17.5 Å². The molecular weight excluding hydrogens is 242 g/mol. The average molecular weight is 263 g/mol. The molecule has 0 bridgehead atoms. The van der Waals surface area contributed by atoms with Gasteiger partial charge in [0.25, 0.3) is 0 Å². The first-order valence-corrected chi connectivity index (χ1v) is 7.53. The van der Waals surface area contributed by atoms with Crippen molar-refractivity contribution in [2.75, 3.05) is 18.1 Å². The van der Waals surface area contributed by atoms with Gasteiger partial charge in [-0.2, -0.15) is 5.26 Å². The van der Waals surface area contributed by atoms with Gasteiger partial charge in [0.15, 0.2) is 0 Å². The van der Waals surface area contributed by atoms with Crippen molar-refractivity contribution in [3.05, 3.63) is 23.8 Å². The number of thioether (sulfide) groups is 1. The monoisotopic (exact) mass is 263 g/mol. The molecule has 98 valence electrons.